The number of rotatable bonds is 8. The lowest BCUT2D eigenvalue weighted by Gasteiger charge is -2.03. The number of hydrogen-bond acceptors (Lipinski definition) is 6. The Hall–Kier alpha value is -2.80. The van der Waals surface area contributed by atoms with Crippen LogP contribution >= 0.6 is 11.8 Å². The van der Waals surface area contributed by atoms with E-state index in [9.17, 15) is 4.79 Å². The zero-order valence-electron chi connectivity index (χ0n) is 13.4. The maximum Gasteiger partial charge on any atom is 0.276 e. The molecule has 0 aliphatic carbocycles. The molecule has 1 amide bonds. The Balaban J connectivity index is 1.39. The molecule has 2 aromatic carbocycles. The molecule has 0 saturated heterocycles. The number of aromatic nitrogens is 2. The van der Waals surface area contributed by atoms with Crippen LogP contribution in [0.25, 0.3) is 0 Å². The summed E-state index contributed by atoms with van der Waals surface area (Å²) in [5.41, 5.74) is 0.788. The number of amides is 1. The van der Waals surface area contributed by atoms with Crippen molar-refractivity contribution in [3.05, 3.63) is 66.6 Å². The van der Waals surface area contributed by atoms with Crippen molar-refractivity contribution in [1.82, 2.24) is 10.2 Å². The van der Waals surface area contributed by atoms with Crippen LogP contribution in [0, 0.1) is 0 Å². The Bertz CT molecular complexity index is 794. The maximum absolute atomic E-state index is 11.9. The second-order valence-corrected chi connectivity index (χ2v) is 6.12. The van der Waals surface area contributed by atoms with Gasteiger partial charge in [-0.2, -0.15) is 0 Å². The highest BCUT2D eigenvalue weighted by Crippen LogP contribution is 2.18. The molecule has 0 bridgehead atoms. The van der Waals surface area contributed by atoms with E-state index in [2.05, 4.69) is 15.5 Å². The molecular weight excluding hydrogens is 338 g/mol. The molecule has 7 heteroatoms. The third-order valence-corrected chi connectivity index (χ3v) is 3.99. The first-order chi connectivity index (χ1) is 12.3. The molecule has 0 unspecified atom stereocenters. The zero-order chi connectivity index (χ0) is 17.3. The number of nitrogens with zero attached hydrogens (tertiary/aromatic N) is 2. The second-order valence-electron chi connectivity index (χ2n) is 5.08. The van der Waals surface area contributed by atoms with E-state index in [1.165, 1.54) is 11.8 Å². The molecule has 0 saturated carbocycles. The number of benzene rings is 2. The first-order valence-corrected chi connectivity index (χ1v) is 8.76. The number of thioether (sulfide) groups is 1. The summed E-state index contributed by atoms with van der Waals surface area (Å²) in [7, 11) is 0. The van der Waals surface area contributed by atoms with Gasteiger partial charge in [-0.05, 0) is 24.3 Å². The van der Waals surface area contributed by atoms with Crippen LogP contribution in [0.2, 0.25) is 0 Å². The van der Waals surface area contributed by atoms with Gasteiger partial charge in [0, 0.05) is 17.9 Å². The van der Waals surface area contributed by atoms with Crippen molar-refractivity contribution in [2.24, 2.45) is 0 Å². The molecule has 0 fully saturated rings. The molecule has 1 heterocycles. The number of carbonyl (C=O) groups is 1. The van der Waals surface area contributed by atoms with Gasteiger partial charge < -0.3 is 14.5 Å². The summed E-state index contributed by atoms with van der Waals surface area (Å²) in [5, 5.41) is 11.1. The quantitative estimate of drug-likeness (QED) is 0.620. The molecule has 0 atom stereocenters. The van der Waals surface area contributed by atoms with Crippen LogP contribution in [-0.2, 0) is 11.4 Å². The summed E-state index contributed by atoms with van der Waals surface area (Å²) in [5.74, 6) is 1.65. The van der Waals surface area contributed by atoms with Crippen molar-refractivity contribution < 1.29 is 13.9 Å². The minimum absolute atomic E-state index is 0.0501. The molecule has 3 aromatic rings. The Morgan fingerprint density at radius 3 is 2.52 bits per heavy atom. The normalized spacial score (nSPS) is 10.4. The smallest absolute Gasteiger partial charge is 0.276 e. The average Bonchev–Trinajstić information content (AvgIpc) is 3.09. The molecule has 0 aliphatic rings. The van der Waals surface area contributed by atoms with Crippen molar-refractivity contribution >= 4 is 23.4 Å². The predicted octanol–water partition coefficient (Wildman–Crippen LogP) is 3.77. The molecule has 1 N–H and O–H groups in total. The Morgan fingerprint density at radius 1 is 1.04 bits per heavy atom. The van der Waals surface area contributed by atoms with Crippen LogP contribution in [0.1, 0.15) is 12.3 Å². The van der Waals surface area contributed by atoms with Gasteiger partial charge in [0.05, 0.1) is 0 Å². The van der Waals surface area contributed by atoms with E-state index in [0.29, 0.717) is 23.3 Å². The van der Waals surface area contributed by atoms with Gasteiger partial charge in [0.2, 0.25) is 5.91 Å². The SMILES string of the molecule is O=C(CCSc1nnc(COc2ccccc2)o1)Nc1ccccc1. The molecule has 128 valence electrons. The molecule has 1 aromatic heterocycles. The summed E-state index contributed by atoms with van der Waals surface area (Å²) in [4.78, 5) is 11.9. The van der Waals surface area contributed by atoms with E-state index in [0.717, 1.165) is 11.4 Å². The molecule has 0 radical (unpaired) electrons. The summed E-state index contributed by atoms with van der Waals surface area (Å²) >= 11 is 1.35. The Labute approximate surface area is 149 Å². The zero-order valence-corrected chi connectivity index (χ0v) is 14.2. The van der Waals surface area contributed by atoms with E-state index in [1.54, 1.807) is 0 Å². The fraction of sp³-hybridized carbons (Fsp3) is 0.167. The summed E-state index contributed by atoms with van der Waals surface area (Å²) in [6.45, 7) is 0.214. The summed E-state index contributed by atoms with van der Waals surface area (Å²) in [6, 6.07) is 18.8. The van der Waals surface area contributed by atoms with Crippen LogP contribution in [-0.4, -0.2) is 21.9 Å². The van der Waals surface area contributed by atoms with Gasteiger partial charge in [-0.1, -0.05) is 48.2 Å². The lowest BCUT2D eigenvalue weighted by Crippen LogP contribution is -2.11. The number of anilines is 1. The number of para-hydroxylation sites is 2. The number of ether oxygens (including phenoxy) is 1. The largest absolute Gasteiger partial charge is 0.484 e. The molecule has 25 heavy (non-hydrogen) atoms. The molecule has 0 aliphatic heterocycles. The monoisotopic (exact) mass is 355 g/mol. The van der Waals surface area contributed by atoms with E-state index in [4.69, 9.17) is 9.15 Å². The third kappa shape index (κ3) is 5.65. The predicted molar refractivity (Wildman–Crippen MR) is 95.5 cm³/mol. The van der Waals surface area contributed by atoms with Crippen LogP contribution < -0.4 is 10.1 Å². The highest BCUT2D eigenvalue weighted by molar-refractivity contribution is 7.99. The van der Waals surface area contributed by atoms with Crippen LogP contribution in [0.4, 0.5) is 5.69 Å². The fourth-order valence-electron chi connectivity index (χ4n) is 1.99. The highest BCUT2D eigenvalue weighted by atomic mass is 32.2. The van der Waals surface area contributed by atoms with Gasteiger partial charge in [0.15, 0.2) is 6.61 Å². The van der Waals surface area contributed by atoms with Gasteiger partial charge >= 0.3 is 0 Å². The van der Waals surface area contributed by atoms with Gasteiger partial charge in [0.25, 0.3) is 11.1 Å². The van der Waals surface area contributed by atoms with Crippen LogP contribution in [0.5, 0.6) is 5.75 Å². The van der Waals surface area contributed by atoms with Crippen molar-refractivity contribution in [3.63, 3.8) is 0 Å². The molecule has 0 spiro atoms. The first kappa shape index (κ1) is 17.0. The van der Waals surface area contributed by atoms with Crippen LogP contribution in [0.3, 0.4) is 0 Å². The highest BCUT2D eigenvalue weighted by Gasteiger charge is 2.09. The van der Waals surface area contributed by atoms with Crippen molar-refractivity contribution in [2.75, 3.05) is 11.1 Å². The number of carbonyl (C=O) groups excluding carboxylic acids is 1. The van der Waals surface area contributed by atoms with Crippen molar-refractivity contribution in [2.45, 2.75) is 18.3 Å². The minimum Gasteiger partial charge on any atom is -0.484 e. The van der Waals surface area contributed by atoms with Crippen LogP contribution in [0.15, 0.2) is 70.3 Å². The molecule has 3 rings (SSSR count). The lowest BCUT2D eigenvalue weighted by atomic mass is 10.3. The number of hydrogen-bond donors (Lipinski definition) is 1. The Morgan fingerprint density at radius 2 is 1.76 bits per heavy atom. The Kier molecular flexibility index (Phi) is 6.06. The summed E-state index contributed by atoms with van der Waals surface area (Å²) < 4.78 is 11.0. The van der Waals surface area contributed by atoms with E-state index >= 15 is 0 Å². The summed E-state index contributed by atoms with van der Waals surface area (Å²) in [6.07, 6.45) is 0.359. The van der Waals surface area contributed by atoms with Crippen molar-refractivity contribution in [3.8, 4) is 5.75 Å². The third-order valence-electron chi connectivity index (χ3n) is 3.17. The topological polar surface area (TPSA) is 77.2 Å². The van der Waals surface area contributed by atoms with Gasteiger partial charge in [-0.15, -0.1) is 10.2 Å². The minimum atomic E-state index is -0.0501. The fourth-order valence-corrected chi connectivity index (χ4v) is 2.71. The van der Waals surface area contributed by atoms with Crippen molar-refractivity contribution in [1.29, 1.82) is 0 Å². The molecular formula is C18H17N3O3S. The maximum atomic E-state index is 11.9. The van der Waals surface area contributed by atoms with E-state index < -0.39 is 0 Å². The standard InChI is InChI=1S/C18H17N3O3S/c22-16(19-14-7-3-1-4-8-14)11-12-25-18-21-20-17(24-18)13-23-15-9-5-2-6-10-15/h1-10H,11-13H2,(H,19,22). The van der Waals surface area contributed by atoms with Gasteiger partial charge in [-0.3, -0.25) is 4.79 Å². The first-order valence-electron chi connectivity index (χ1n) is 7.77. The average molecular weight is 355 g/mol. The van der Waals surface area contributed by atoms with E-state index in [1.807, 2.05) is 60.7 Å². The van der Waals surface area contributed by atoms with Gasteiger partial charge in [-0.25, -0.2) is 0 Å². The van der Waals surface area contributed by atoms with E-state index in [-0.39, 0.29) is 12.5 Å². The second kappa shape index (κ2) is 8.89. The number of nitrogens with one attached hydrogen (secondary N) is 1. The molecule has 6 nitrogen and oxygen atoms in total. The lowest BCUT2D eigenvalue weighted by molar-refractivity contribution is -0.115. The van der Waals surface area contributed by atoms with Gasteiger partial charge in [0.1, 0.15) is 5.75 Å².